The molecular formula is C18H18ClF3N3O3+. The molecule has 150 valence electrons. The fourth-order valence-electron chi connectivity index (χ4n) is 2.63. The lowest BCUT2D eigenvalue weighted by Gasteiger charge is -2.18. The van der Waals surface area contributed by atoms with Crippen LogP contribution in [-0.4, -0.2) is 16.9 Å². The molecule has 2 aromatic carbocycles. The number of nitrogens with two attached hydrogens (primary N) is 1. The highest BCUT2D eigenvalue weighted by atomic mass is 35.5. The Morgan fingerprint density at radius 3 is 2.32 bits per heavy atom. The van der Waals surface area contributed by atoms with Crippen molar-refractivity contribution in [2.75, 3.05) is 5.32 Å². The Morgan fingerprint density at radius 1 is 1.18 bits per heavy atom. The van der Waals surface area contributed by atoms with Crippen LogP contribution < -0.4 is 10.6 Å². The second-order valence-corrected chi connectivity index (χ2v) is 6.73. The topological polar surface area (TPSA) is 88.8 Å². The third-order valence-electron chi connectivity index (χ3n) is 4.16. The van der Waals surface area contributed by atoms with Gasteiger partial charge in [-0.25, -0.2) is 0 Å². The van der Waals surface area contributed by atoms with E-state index in [1.807, 2.05) is 6.92 Å². The minimum atomic E-state index is -4.85. The van der Waals surface area contributed by atoms with Gasteiger partial charge in [0.05, 0.1) is 16.2 Å². The summed E-state index contributed by atoms with van der Waals surface area (Å²) in [5.74, 6) is -0.653. The van der Waals surface area contributed by atoms with Gasteiger partial charge in [0.1, 0.15) is 6.04 Å². The number of hydrogen-bond acceptors (Lipinski definition) is 3. The van der Waals surface area contributed by atoms with Crippen molar-refractivity contribution < 1.29 is 28.2 Å². The molecule has 0 radical (unpaired) electrons. The van der Waals surface area contributed by atoms with Gasteiger partial charge in [-0.15, -0.1) is 0 Å². The highest BCUT2D eigenvalue weighted by Gasteiger charge is 2.36. The zero-order chi connectivity index (χ0) is 21.1. The van der Waals surface area contributed by atoms with Crippen molar-refractivity contribution >= 4 is 28.9 Å². The van der Waals surface area contributed by atoms with Crippen molar-refractivity contribution in [3.63, 3.8) is 0 Å². The standard InChI is InChI=1S/C18H17ClF3N3O3/c1-10(12-3-5-13(19)6-4-12)23-11(2)17(26)24-16-8-7-14(25(27)28)9-15(16)18(20,21)22/h3-11,23H,1-2H3,(H,24,26)/p+1/t10-,11+/m0/s1. The zero-order valence-corrected chi connectivity index (χ0v) is 15.7. The Balaban J connectivity index is 2.15. The minimum absolute atomic E-state index is 0.142. The predicted molar refractivity (Wildman–Crippen MR) is 98.0 cm³/mol. The number of anilines is 1. The molecule has 0 aromatic heterocycles. The summed E-state index contributed by atoms with van der Waals surface area (Å²) in [5, 5.41) is 15.2. The van der Waals surface area contributed by atoms with Crippen LogP contribution >= 0.6 is 11.6 Å². The highest BCUT2D eigenvalue weighted by molar-refractivity contribution is 6.30. The van der Waals surface area contributed by atoms with Gasteiger partial charge < -0.3 is 10.6 Å². The molecule has 0 fully saturated rings. The van der Waals surface area contributed by atoms with Gasteiger partial charge in [0.2, 0.25) is 0 Å². The number of alkyl halides is 3. The number of nitrogens with one attached hydrogen (secondary N) is 1. The third-order valence-corrected chi connectivity index (χ3v) is 4.42. The van der Waals surface area contributed by atoms with E-state index in [-0.39, 0.29) is 6.04 Å². The molecule has 0 heterocycles. The summed E-state index contributed by atoms with van der Waals surface area (Å²) in [6.07, 6.45) is -4.85. The summed E-state index contributed by atoms with van der Waals surface area (Å²) in [5.41, 5.74) is -1.60. The Hall–Kier alpha value is -2.65. The third kappa shape index (κ3) is 5.43. The maximum Gasteiger partial charge on any atom is 0.418 e. The van der Waals surface area contributed by atoms with Crippen LogP contribution in [0.25, 0.3) is 0 Å². The number of carbonyl (C=O) groups is 1. The molecule has 0 aliphatic rings. The molecule has 2 rings (SSSR count). The van der Waals surface area contributed by atoms with Crippen LogP contribution in [0.2, 0.25) is 5.02 Å². The van der Waals surface area contributed by atoms with Crippen LogP contribution in [0.1, 0.15) is 31.0 Å². The molecular weight excluding hydrogens is 399 g/mol. The second-order valence-electron chi connectivity index (χ2n) is 6.30. The quantitative estimate of drug-likeness (QED) is 0.552. The number of carbonyl (C=O) groups excluding carboxylic acids is 1. The number of hydrogen-bond donors (Lipinski definition) is 2. The lowest BCUT2D eigenvalue weighted by atomic mass is 10.1. The number of amides is 1. The first-order valence-electron chi connectivity index (χ1n) is 8.26. The fraction of sp³-hybridized carbons (Fsp3) is 0.278. The van der Waals surface area contributed by atoms with Crippen LogP contribution in [0.5, 0.6) is 0 Å². The van der Waals surface area contributed by atoms with Crippen molar-refractivity contribution in [3.8, 4) is 0 Å². The van der Waals surface area contributed by atoms with E-state index >= 15 is 0 Å². The molecule has 0 bridgehead atoms. The van der Waals surface area contributed by atoms with Crippen molar-refractivity contribution in [3.05, 3.63) is 68.7 Å². The predicted octanol–water partition coefficient (Wildman–Crippen LogP) is 3.92. The highest BCUT2D eigenvalue weighted by Crippen LogP contribution is 2.37. The van der Waals surface area contributed by atoms with Crippen molar-refractivity contribution in [2.24, 2.45) is 0 Å². The average molecular weight is 417 g/mol. The van der Waals surface area contributed by atoms with E-state index in [4.69, 9.17) is 11.6 Å². The van der Waals surface area contributed by atoms with Gasteiger partial charge in [0.15, 0.2) is 6.04 Å². The van der Waals surface area contributed by atoms with Gasteiger partial charge in [-0.3, -0.25) is 14.9 Å². The van der Waals surface area contributed by atoms with Gasteiger partial charge in [-0.05, 0) is 32.0 Å². The Morgan fingerprint density at radius 2 is 1.79 bits per heavy atom. The molecule has 0 aliphatic carbocycles. The van der Waals surface area contributed by atoms with Gasteiger partial charge in [0.25, 0.3) is 11.6 Å². The smallest absolute Gasteiger partial charge is 0.330 e. The number of nitrogens with zero attached hydrogens (tertiary/aromatic N) is 1. The monoisotopic (exact) mass is 416 g/mol. The average Bonchev–Trinajstić information content (AvgIpc) is 2.61. The molecule has 2 aromatic rings. The number of rotatable bonds is 6. The minimum Gasteiger partial charge on any atom is -0.330 e. The molecule has 0 spiro atoms. The number of non-ortho nitro benzene ring substituents is 1. The number of nitro benzene ring substituents is 1. The van der Waals surface area contributed by atoms with Crippen LogP contribution in [0.4, 0.5) is 24.5 Å². The lowest BCUT2D eigenvalue weighted by molar-refractivity contribution is -0.709. The Kier molecular flexibility index (Phi) is 6.63. The summed E-state index contributed by atoms with van der Waals surface area (Å²) in [6, 6.07) is 8.36. The normalized spacial score (nSPS) is 13.6. The first-order chi connectivity index (χ1) is 13.0. The van der Waals surface area contributed by atoms with Crippen molar-refractivity contribution in [1.29, 1.82) is 0 Å². The number of quaternary nitrogens is 1. The van der Waals surface area contributed by atoms with Gasteiger partial charge in [-0.2, -0.15) is 13.2 Å². The SMILES string of the molecule is C[C@H]([NH2+][C@H](C)C(=O)Nc1ccc([N+](=O)[O-])cc1C(F)(F)F)c1ccc(Cl)cc1. The lowest BCUT2D eigenvalue weighted by Crippen LogP contribution is -2.91. The van der Waals surface area contributed by atoms with Crippen LogP contribution in [-0.2, 0) is 11.0 Å². The number of halogens is 4. The van der Waals surface area contributed by atoms with E-state index in [0.29, 0.717) is 11.1 Å². The maximum absolute atomic E-state index is 13.2. The summed E-state index contributed by atoms with van der Waals surface area (Å²) >= 11 is 5.84. The van der Waals surface area contributed by atoms with Gasteiger partial charge in [-0.1, -0.05) is 23.7 Å². The van der Waals surface area contributed by atoms with E-state index in [9.17, 15) is 28.1 Å². The van der Waals surface area contributed by atoms with Gasteiger partial charge >= 0.3 is 6.18 Å². The number of benzene rings is 2. The summed E-state index contributed by atoms with van der Waals surface area (Å²) < 4.78 is 39.6. The summed E-state index contributed by atoms with van der Waals surface area (Å²) in [4.78, 5) is 22.2. The van der Waals surface area contributed by atoms with E-state index in [2.05, 4.69) is 5.32 Å². The summed E-state index contributed by atoms with van der Waals surface area (Å²) in [7, 11) is 0. The molecule has 0 unspecified atom stereocenters. The van der Waals surface area contributed by atoms with Crippen LogP contribution in [0.3, 0.4) is 0 Å². The Labute approximate surface area is 163 Å². The molecule has 10 heteroatoms. The second kappa shape index (κ2) is 8.57. The van der Waals surface area contributed by atoms with E-state index in [1.54, 1.807) is 36.5 Å². The molecule has 3 N–H and O–H groups in total. The van der Waals surface area contributed by atoms with E-state index in [0.717, 1.165) is 17.7 Å². The fourth-order valence-corrected chi connectivity index (χ4v) is 2.76. The van der Waals surface area contributed by atoms with Gasteiger partial charge in [0, 0.05) is 22.7 Å². The van der Waals surface area contributed by atoms with Crippen molar-refractivity contribution in [2.45, 2.75) is 32.1 Å². The van der Waals surface area contributed by atoms with Crippen molar-refractivity contribution in [1.82, 2.24) is 0 Å². The summed E-state index contributed by atoms with van der Waals surface area (Å²) in [6.45, 7) is 3.40. The maximum atomic E-state index is 13.2. The molecule has 2 atom stereocenters. The largest absolute Gasteiger partial charge is 0.418 e. The molecule has 6 nitrogen and oxygen atoms in total. The number of nitro groups is 1. The first-order valence-corrected chi connectivity index (χ1v) is 8.63. The molecule has 0 aliphatic heterocycles. The first kappa shape index (κ1) is 21.6. The molecule has 1 amide bonds. The Bertz CT molecular complexity index is 873. The zero-order valence-electron chi connectivity index (χ0n) is 15.0. The van der Waals surface area contributed by atoms with E-state index in [1.165, 1.54) is 0 Å². The van der Waals surface area contributed by atoms with Crippen LogP contribution in [0, 0.1) is 10.1 Å². The van der Waals surface area contributed by atoms with E-state index < -0.39 is 40.0 Å². The van der Waals surface area contributed by atoms with Crippen LogP contribution in [0.15, 0.2) is 42.5 Å². The molecule has 0 saturated carbocycles. The molecule has 28 heavy (non-hydrogen) atoms. The molecule has 0 saturated heterocycles.